The van der Waals surface area contributed by atoms with E-state index in [0.29, 0.717) is 15.6 Å². The molecule has 0 saturated carbocycles. The van der Waals surface area contributed by atoms with Crippen LogP contribution in [0.25, 0.3) is 0 Å². The van der Waals surface area contributed by atoms with Gasteiger partial charge in [0.05, 0.1) is 15.4 Å². The molecule has 1 aromatic rings. The highest BCUT2D eigenvalue weighted by Crippen LogP contribution is 2.27. The number of benzene rings is 1. The van der Waals surface area contributed by atoms with E-state index < -0.39 is 0 Å². The average molecular weight is 282 g/mol. The van der Waals surface area contributed by atoms with Gasteiger partial charge in [-0.3, -0.25) is 4.79 Å². The second-order valence-electron chi connectivity index (χ2n) is 2.67. The van der Waals surface area contributed by atoms with Crippen molar-refractivity contribution in [3.63, 3.8) is 0 Å². The van der Waals surface area contributed by atoms with E-state index in [1.54, 1.807) is 12.1 Å². The lowest BCUT2D eigenvalue weighted by Gasteiger charge is -2.04. The molecule has 0 aliphatic carbocycles. The number of carbonyl (C=O) groups excluding carboxylic acids is 1. The van der Waals surface area contributed by atoms with Gasteiger partial charge in [-0.05, 0) is 24.6 Å². The van der Waals surface area contributed by atoms with Gasteiger partial charge in [0.25, 0.3) is 0 Å². The van der Waals surface area contributed by atoms with Gasteiger partial charge < -0.3 is 0 Å². The highest BCUT2D eigenvalue weighted by Gasteiger charge is 2.12. The number of hydrogen-bond donors (Lipinski definition) is 0. The number of Topliss-reactive ketones (excluding diaryl/α,β-unsaturated/α-hetero) is 1. The van der Waals surface area contributed by atoms with Gasteiger partial charge in [0.15, 0.2) is 5.78 Å². The van der Waals surface area contributed by atoms with E-state index >= 15 is 0 Å². The molecule has 0 aromatic heterocycles. The molecule has 0 saturated heterocycles. The zero-order chi connectivity index (χ0) is 10.0. The van der Waals surface area contributed by atoms with Crippen molar-refractivity contribution in [2.75, 3.05) is 5.33 Å². The van der Waals surface area contributed by atoms with Gasteiger partial charge in [0, 0.05) is 5.56 Å². The molecule has 1 nitrogen and oxygen atoms in total. The minimum absolute atomic E-state index is 0.0596. The van der Waals surface area contributed by atoms with Crippen LogP contribution < -0.4 is 0 Å². The van der Waals surface area contributed by atoms with Crippen molar-refractivity contribution in [2.24, 2.45) is 0 Å². The topological polar surface area (TPSA) is 17.1 Å². The molecule has 0 atom stereocenters. The Morgan fingerprint density at radius 3 is 2.62 bits per heavy atom. The van der Waals surface area contributed by atoms with E-state index in [-0.39, 0.29) is 11.1 Å². The van der Waals surface area contributed by atoms with Crippen molar-refractivity contribution in [3.05, 3.63) is 33.3 Å². The largest absolute Gasteiger partial charge is 0.293 e. The van der Waals surface area contributed by atoms with Crippen LogP contribution in [0.1, 0.15) is 15.9 Å². The molecule has 0 unspecified atom stereocenters. The first-order valence-corrected chi connectivity index (χ1v) is 5.49. The maximum Gasteiger partial charge on any atom is 0.174 e. The summed E-state index contributed by atoms with van der Waals surface area (Å²) >= 11 is 14.8. The monoisotopic (exact) mass is 280 g/mol. The molecule has 4 heteroatoms. The summed E-state index contributed by atoms with van der Waals surface area (Å²) in [5.41, 5.74) is 1.40. The Kier molecular flexibility index (Phi) is 3.77. The molecule has 70 valence electrons. The Hall–Kier alpha value is -0.0500. The summed E-state index contributed by atoms with van der Waals surface area (Å²) in [7, 11) is 0. The molecule has 0 aliphatic rings. The van der Waals surface area contributed by atoms with Crippen LogP contribution in [-0.2, 0) is 0 Å². The molecule has 0 radical (unpaired) electrons. The number of rotatable bonds is 2. The van der Waals surface area contributed by atoms with Crippen molar-refractivity contribution in [1.82, 2.24) is 0 Å². The lowest BCUT2D eigenvalue weighted by molar-refractivity contribution is 0.102. The van der Waals surface area contributed by atoms with Crippen molar-refractivity contribution in [2.45, 2.75) is 6.92 Å². The standard InChI is InChI=1S/C9H7BrCl2O/c1-5-2-6(8(13)4-10)9(12)7(11)3-5/h2-3H,4H2,1H3. The Balaban J connectivity index is 3.28. The van der Waals surface area contributed by atoms with Gasteiger partial charge in [-0.25, -0.2) is 0 Å². The van der Waals surface area contributed by atoms with Gasteiger partial charge in [-0.15, -0.1) is 0 Å². The van der Waals surface area contributed by atoms with Crippen LogP contribution in [0.4, 0.5) is 0 Å². The van der Waals surface area contributed by atoms with Crippen molar-refractivity contribution in [1.29, 1.82) is 0 Å². The quantitative estimate of drug-likeness (QED) is 0.594. The van der Waals surface area contributed by atoms with Gasteiger partial charge in [0.1, 0.15) is 0 Å². The van der Waals surface area contributed by atoms with Gasteiger partial charge in [0.2, 0.25) is 0 Å². The number of ketones is 1. The molecule has 0 aliphatic heterocycles. The molecule has 0 bridgehead atoms. The third kappa shape index (κ3) is 2.46. The summed E-state index contributed by atoms with van der Waals surface area (Å²) in [5, 5.41) is 1.01. The predicted molar refractivity (Wildman–Crippen MR) is 59.3 cm³/mol. The van der Waals surface area contributed by atoms with E-state index in [0.717, 1.165) is 5.56 Å². The van der Waals surface area contributed by atoms with E-state index in [2.05, 4.69) is 15.9 Å². The van der Waals surface area contributed by atoms with Gasteiger partial charge >= 0.3 is 0 Å². The van der Waals surface area contributed by atoms with Gasteiger partial charge in [-0.2, -0.15) is 0 Å². The maximum absolute atomic E-state index is 11.3. The Morgan fingerprint density at radius 2 is 2.08 bits per heavy atom. The van der Waals surface area contributed by atoms with E-state index in [4.69, 9.17) is 23.2 Å². The fraction of sp³-hybridized carbons (Fsp3) is 0.222. The highest BCUT2D eigenvalue weighted by molar-refractivity contribution is 9.09. The maximum atomic E-state index is 11.3. The number of halogens is 3. The molecule has 0 heterocycles. The normalized spacial score (nSPS) is 10.2. The molecule has 13 heavy (non-hydrogen) atoms. The van der Waals surface area contributed by atoms with E-state index in [1.807, 2.05) is 6.92 Å². The Morgan fingerprint density at radius 1 is 1.46 bits per heavy atom. The molecule has 1 aromatic carbocycles. The molecule has 0 fully saturated rings. The molecule has 1 rings (SSSR count). The highest BCUT2D eigenvalue weighted by atomic mass is 79.9. The predicted octanol–water partition coefficient (Wildman–Crippen LogP) is 3.88. The van der Waals surface area contributed by atoms with Crippen molar-refractivity contribution in [3.8, 4) is 0 Å². The summed E-state index contributed by atoms with van der Waals surface area (Å²) in [4.78, 5) is 11.3. The summed E-state index contributed by atoms with van der Waals surface area (Å²) in [6.45, 7) is 1.87. The Bertz CT molecular complexity index is 350. The second kappa shape index (κ2) is 4.45. The van der Waals surface area contributed by atoms with Crippen LogP contribution in [0.5, 0.6) is 0 Å². The smallest absolute Gasteiger partial charge is 0.174 e. The van der Waals surface area contributed by atoms with Crippen LogP contribution in [0.3, 0.4) is 0 Å². The third-order valence-corrected chi connectivity index (χ3v) is 2.91. The van der Waals surface area contributed by atoms with Crippen LogP contribution in [0.2, 0.25) is 10.0 Å². The fourth-order valence-electron chi connectivity index (χ4n) is 0.999. The van der Waals surface area contributed by atoms with Crippen LogP contribution in [0, 0.1) is 6.92 Å². The van der Waals surface area contributed by atoms with Crippen molar-refractivity contribution >= 4 is 44.9 Å². The van der Waals surface area contributed by atoms with Crippen LogP contribution in [-0.4, -0.2) is 11.1 Å². The van der Waals surface area contributed by atoms with Crippen LogP contribution >= 0.6 is 39.1 Å². The molecule has 0 N–H and O–H groups in total. The minimum Gasteiger partial charge on any atom is -0.293 e. The van der Waals surface area contributed by atoms with E-state index in [9.17, 15) is 4.79 Å². The van der Waals surface area contributed by atoms with Gasteiger partial charge in [-0.1, -0.05) is 39.1 Å². The first kappa shape index (κ1) is 11.0. The summed E-state index contributed by atoms with van der Waals surface area (Å²) in [6, 6.07) is 3.46. The van der Waals surface area contributed by atoms with Crippen molar-refractivity contribution < 1.29 is 4.79 Å². The molecular formula is C9H7BrCl2O. The number of carbonyl (C=O) groups is 1. The SMILES string of the molecule is Cc1cc(Cl)c(Cl)c(C(=O)CBr)c1. The third-order valence-electron chi connectivity index (χ3n) is 1.59. The lowest BCUT2D eigenvalue weighted by atomic mass is 10.1. The number of aryl methyl sites for hydroxylation is 1. The lowest BCUT2D eigenvalue weighted by Crippen LogP contribution is -2.01. The fourth-order valence-corrected chi connectivity index (χ4v) is 1.79. The summed E-state index contributed by atoms with van der Waals surface area (Å²) in [5.74, 6) is -0.0596. The van der Waals surface area contributed by atoms with E-state index in [1.165, 1.54) is 0 Å². The molecular weight excluding hydrogens is 275 g/mol. The summed E-state index contributed by atoms with van der Waals surface area (Å²) < 4.78 is 0. The second-order valence-corrected chi connectivity index (χ2v) is 4.01. The molecule has 0 spiro atoms. The number of hydrogen-bond acceptors (Lipinski definition) is 1. The minimum atomic E-state index is -0.0596. The zero-order valence-electron chi connectivity index (χ0n) is 6.90. The Labute approximate surface area is 95.2 Å². The van der Waals surface area contributed by atoms with Crippen LogP contribution in [0.15, 0.2) is 12.1 Å². The first-order chi connectivity index (χ1) is 6.06. The molecule has 0 amide bonds. The zero-order valence-corrected chi connectivity index (χ0v) is 10.0. The number of alkyl halides is 1. The average Bonchev–Trinajstić information content (AvgIpc) is 2.10. The summed E-state index contributed by atoms with van der Waals surface area (Å²) in [6.07, 6.45) is 0. The first-order valence-electron chi connectivity index (χ1n) is 3.61.